The molecule has 118 valence electrons. The fourth-order valence-electron chi connectivity index (χ4n) is 2.88. The van der Waals surface area contributed by atoms with E-state index >= 15 is 0 Å². The van der Waals surface area contributed by atoms with E-state index in [0.717, 1.165) is 24.6 Å². The number of sulfonamides is 1. The molecule has 0 aliphatic heterocycles. The second-order valence-electron chi connectivity index (χ2n) is 5.59. The van der Waals surface area contributed by atoms with E-state index in [-0.39, 0.29) is 4.90 Å². The molecule has 1 saturated carbocycles. The van der Waals surface area contributed by atoms with Gasteiger partial charge < -0.3 is 0 Å². The third-order valence-corrected chi connectivity index (χ3v) is 5.43. The molecule has 1 aliphatic carbocycles. The van der Waals surface area contributed by atoms with Gasteiger partial charge in [-0.3, -0.25) is 9.40 Å². The van der Waals surface area contributed by atoms with Crippen LogP contribution in [0.2, 0.25) is 0 Å². The average Bonchev–Trinajstić information content (AvgIpc) is 3.10. The van der Waals surface area contributed by atoms with E-state index in [1.807, 2.05) is 11.6 Å². The highest BCUT2D eigenvalue weighted by Gasteiger charge is 2.22. The number of hydrogen-bond donors (Lipinski definition) is 1. The Kier molecular flexibility index (Phi) is 3.90. The van der Waals surface area contributed by atoms with Gasteiger partial charge in [0.15, 0.2) is 0 Å². The molecule has 0 saturated heterocycles. The number of rotatable bonds is 4. The summed E-state index contributed by atoms with van der Waals surface area (Å²) in [5, 5.41) is 4.31. The second kappa shape index (κ2) is 5.72. The van der Waals surface area contributed by atoms with Crippen molar-refractivity contribution < 1.29 is 12.8 Å². The molecule has 2 aromatic rings. The Bertz CT molecular complexity index is 780. The smallest absolute Gasteiger partial charge is 0.262 e. The van der Waals surface area contributed by atoms with Crippen LogP contribution in [-0.2, 0) is 10.0 Å². The lowest BCUT2D eigenvalue weighted by Crippen LogP contribution is -2.14. The molecule has 5 nitrogen and oxygen atoms in total. The van der Waals surface area contributed by atoms with E-state index in [0.29, 0.717) is 11.7 Å². The summed E-state index contributed by atoms with van der Waals surface area (Å²) >= 11 is 0. The molecule has 0 spiro atoms. The van der Waals surface area contributed by atoms with Gasteiger partial charge in [0, 0.05) is 0 Å². The van der Waals surface area contributed by atoms with Crippen molar-refractivity contribution in [3.05, 3.63) is 42.0 Å². The zero-order valence-electron chi connectivity index (χ0n) is 12.3. The first-order valence-corrected chi connectivity index (χ1v) is 8.78. The Hall–Kier alpha value is -1.89. The van der Waals surface area contributed by atoms with Gasteiger partial charge in [0.25, 0.3) is 10.0 Å². The molecule has 0 atom stereocenters. The van der Waals surface area contributed by atoms with E-state index in [9.17, 15) is 12.8 Å². The number of hydrogen-bond acceptors (Lipinski definition) is 3. The molecule has 3 rings (SSSR count). The van der Waals surface area contributed by atoms with Gasteiger partial charge in [0.2, 0.25) is 0 Å². The van der Waals surface area contributed by atoms with E-state index in [1.54, 1.807) is 0 Å². The highest BCUT2D eigenvalue weighted by molar-refractivity contribution is 7.92. The number of nitrogens with zero attached hydrogens (tertiary/aromatic N) is 2. The standard InChI is InChI=1S/C15H18FN3O2S/c1-11-15(10-17-19(11)13-6-2-3-7-13)18-22(20,21)14-8-4-5-12(16)9-14/h4-5,8-10,13,18H,2-3,6-7H2,1H3. The van der Waals surface area contributed by atoms with Gasteiger partial charge >= 0.3 is 0 Å². The summed E-state index contributed by atoms with van der Waals surface area (Å²) in [6.07, 6.45) is 6.00. The third-order valence-electron chi connectivity index (χ3n) is 4.07. The van der Waals surface area contributed by atoms with Crippen LogP contribution in [0.5, 0.6) is 0 Å². The molecule has 7 heteroatoms. The van der Waals surface area contributed by atoms with Crippen molar-refractivity contribution >= 4 is 15.7 Å². The normalized spacial score (nSPS) is 16.1. The van der Waals surface area contributed by atoms with Crippen LogP contribution in [0.1, 0.15) is 37.4 Å². The lowest BCUT2D eigenvalue weighted by molar-refractivity contribution is 0.457. The first-order valence-electron chi connectivity index (χ1n) is 7.30. The van der Waals surface area contributed by atoms with Crippen molar-refractivity contribution in [3.63, 3.8) is 0 Å². The predicted molar refractivity (Wildman–Crippen MR) is 81.7 cm³/mol. The molecular formula is C15H18FN3O2S. The summed E-state index contributed by atoms with van der Waals surface area (Å²) < 4.78 is 42.2. The summed E-state index contributed by atoms with van der Waals surface area (Å²) in [5.41, 5.74) is 1.23. The first kappa shape index (κ1) is 15.0. The maximum Gasteiger partial charge on any atom is 0.262 e. The Morgan fingerprint density at radius 2 is 2.05 bits per heavy atom. The Morgan fingerprint density at radius 1 is 1.32 bits per heavy atom. The van der Waals surface area contributed by atoms with E-state index in [2.05, 4.69) is 9.82 Å². The van der Waals surface area contributed by atoms with Gasteiger partial charge in [0.1, 0.15) is 5.82 Å². The van der Waals surface area contributed by atoms with Crippen molar-refractivity contribution in [1.82, 2.24) is 9.78 Å². The van der Waals surface area contributed by atoms with E-state index < -0.39 is 15.8 Å². The third kappa shape index (κ3) is 2.85. The van der Waals surface area contributed by atoms with Crippen molar-refractivity contribution in [2.75, 3.05) is 4.72 Å². The molecule has 1 N–H and O–H groups in total. The van der Waals surface area contributed by atoms with Crippen LogP contribution in [0, 0.1) is 12.7 Å². The van der Waals surface area contributed by atoms with Crippen molar-refractivity contribution in [2.45, 2.75) is 43.5 Å². The van der Waals surface area contributed by atoms with Gasteiger partial charge in [-0.2, -0.15) is 5.10 Å². The minimum atomic E-state index is -3.81. The van der Waals surface area contributed by atoms with Crippen LogP contribution in [-0.4, -0.2) is 18.2 Å². The quantitative estimate of drug-likeness (QED) is 0.939. The lowest BCUT2D eigenvalue weighted by Gasteiger charge is -2.13. The largest absolute Gasteiger partial charge is 0.276 e. The van der Waals surface area contributed by atoms with Crippen molar-refractivity contribution in [2.24, 2.45) is 0 Å². The Labute approximate surface area is 129 Å². The molecule has 0 amide bonds. The summed E-state index contributed by atoms with van der Waals surface area (Å²) in [5.74, 6) is -0.582. The van der Waals surface area contributed by atoms with E-state index in [1.165, 1.54) is 37.2 Å². The first-order chi connectivity index (χ1) is 10.5. The fraction of sp³-hybridized carbons (Fsp3) is 0.400. The topological polar surface area (TPSA) is 64.0 Å². The van der Waals surface area contributed by atoms with Crippen LogP contribution in [0.15, 0.2) is 35.4 Å². The Morgan fingerprint density at radius 3 is 2.73 bits per heavy atom. The van der Waals surface area contributed by atoms with Gasteiger partial charge in [0.05, 0.1) is 28.5 Å². The lowest BCUT2D eigenvalue weighted by atomic mass is 10.2. The molecule has 1 aromatic heterocycles. The molecule has 1 aromatic carbocycles. The molecule has 0 unspecified atom stereocenters. The fourth-order valence-corrected chi connectivity index (χ4v) is 4.01. The highest BCUT2D eigenvalue weighted by Crippen LogP contribution is 2.32. The average molecular weight is 323 g/mol. The number of anilines is 1. The van der Waals surface area contributed by atoms with Crippen LogP contribution < -0.4 is 4.72 Å². The molecule has 1 aliphatic rings. The SMILES string of the molecule is Cc1c(NS(=O)(=O)c2cccc(F)c2)cnn1C1CCCC1. The van der Waals surface area contributed by atoms with Crippen molar-refractivity contribution in [3.8, 4) is 0 Å². The maximum atomic E-state index is 13.2. The van der Waals surface area contributed by atoms with Crippen LogP contribution in [0.25, 0.3) is 0 Å². The molecule has 0 radical (unpaired) electrons. The maximum absolute atomic E-state index is 13.2. The summed E-state index contributed by atoms with van der Waals surface area (Å²) in [6, 6.07) is 5.29. The van der Waals surface area contributed by atoms with E-state index in [4.69, 9.17) is 0 Å². The van der Waals surface area contributed by atoms with Gasteiger partial charge in [-0.1, -0.05) is 18.9 Å². The van der Waals surface area contributed by atoms with Crippen molar-refractivity contribution in [1.29, 1.82) is 0 Å². The number of halogens is 1. The molecule has 0 bridgehead atoms. The highest BCUT2D eigenvalue weighted by atomic mass is 32.2. The number of benzene rings is 1. The Balaban J connectivity index is 1.86. The van der Waals surface area contributed by atoms with Gasteiger partial charge in [-0.15, -0.1) is 0 Å². The zero-order valence-corrected chi connectivity index (χ0v) is 13.1. The number of nitrogens with one attached hydrogen (secondary N) is 1. The summed E-state index contributed by atoms with van der Waals surface area (Å²) in [6.45, 7) is 1.84. The minimum absolute atomic E-state index is 0.0967. The minimum Gasteiger partial charge on any atom is -0.276 e. The predicted octanol–water partition coefficient (Wildman–Crippen LogP) is 3.25. The molecule has 1 heterocycles. The second-order valence-corrected chi connectivity index (χ2v) is 7.27. The summed E-state index contributed by atoms with van der Waals surface area (Å²) in [4.78, 5) is -0.0967. The monoisotopic (exact) mass is 323 g/mol. The summed E-state index contributed by atoms with van der Waals surface area (Å²) in [7, 11) is -3.81. The molecular weight excluding hydrogens is 305 g/mol. The molecule has 1 fully saturated rings. The van der Waals surface area contributed by atoms with Crippen LogP contribution in [0.3, 0.4) is 0 Å². The van der Waals surface area contributed by atoms with Crippen LogP contribution in [0.4, 0.5) is 10.1 Å². The zero-order chi connectivity index (χ0) is 15.7. The van der Waals surface area contributed by atoms with Gasteiger partial charge in [-0.05, 0) is 38.0 Å². The molecule has 22 heavy (non-hydrogen) atoms. The number of aromatic nitrogens is 2. The van der Waals surface area contributed by atoms with Crippen LogP contribution >= 0.6 is 0 Å². The van der Waals surface area contributed by atoms with Gasteiger partial charge in [-0.25, -0.2) is 12.8 Å².